The summed E-state index contributed by atoms with van der Waals surface area (Å²) < 4.78 is 21.2. The van der Waals surface area contributed by atoms with Gasteiger partial charge in [-0.25, -0.2) is 0 Å². The van der Waals surface area contributed by atoms with Crippen molar-refractivity contribution in [2.75, 3.05) is 27.6 Å². The number of rotatable bonds is 12. The first-order valence-electron chi connectivity index (χ1n) is 6.81. The zero-order valence-corrected chi connectivity index (χ0v) is 12.3. The zero-order chi connectivity index (χ0) is 13.6. The molecule has 0 heterocycles. The summed E-state index contributed by atoms with van der Waals surface area (Å²) in [7, 11) is 3.20. The fraction of sp³-hybridized carbons (Fsp3) is 0.857. The Morgan fingerprint density at radius 1 is 0.889 bits per heavy atom. The fourth-order valence-electron chi connectivity index (χ4n) is 1.55. The van der Waals surface area contributed by atoms with Gasteiger partial charge in [-0.1, -0.05) is 33.1 Å². The highest BCUT2D eigenvalue weighted by Crippen LogP contribution is 2.14. The fourth-order valence-corrected chi connectivity index (χ4v) is 1.55. The van der Waals surface area contributed by atoms with Crippen LogP contribution in [0.15, 0.2) is 11.7 Å². The minimum absolute atomic E-state index is 0.214. The smallest absolute Gasteiger partial charge is 0.320 e. The predicted octanol–water partition coefficient (Wildman–Crippen LogP) is 3.82. The van der Waals surface area contributed by atoms with E-state index in [0.717, 1.165) is 31.6 Å². The molecule has 0 saturated carbocycles. The Kier molecular flexibility index (Phi) is 11.9. The molecule has 0 fully saturated rings. The summed E-state index contributed by atoms with van der Waals surface area (Å²) in [5.74, 6) is 1.16. The first kappa shape index (κ1) is 17.1. The van der Waals surface area contributed by atoms with E-state index in [-0.39, 0.29) is 6.79 Å². The van der Waals surface area contributed by atoms with Crippen molar-refractivity contribution in [1.82, 2.24) is 0 Å². The van der Waals surface area contributed by atoms with Gasteiger partial charge in [0.25, 0.3) is 0 Å². The Morgan fingerprint density at radius 2 is 1.67 bits per heavy atom. The molecular weight excluding hydrogens is 232 g/mol. The molecular formula is C14H28O4. The molecule has 0 unspecified atom stereocenters. The second-order valence-electron chi connectivity index (χ2n) is 4.10. The summed E-state index contributed by atoms with van der Waals surface area (Å²) in [4.78, 5) is 0. The van der Waals surface area contributed by atoms with Gasteiger partial charge in [-0.15, -0.1) is 0 Å². The molecule has 108 valence electrons. The van der Waals surface area contributed by atoms with E-state index in [4.69, 9.17) is 18.9 Å². The summed E-state index contributed by atoms with van der Waals surface area (Å²) in [5.41, 5.74) is 0. The van der Waals surface area contributed by atoms with Crippen LogP contribution in [-0.4, -0.2) is 27.6 Å². The normalized spacial score (nSPS) is 12.0. The highest BCUT2D eigenvalue weighted by Gasteiger charge is 2.08. The Hall–Kier alpha value is -0.900. The van der Waals surface area contributed by atoms with Gasteiger partial charge in [-0.2, -0.15) is 0 Å². The lowest BCUT2D eigenvalue weighted by molar-refractivity contribution is -0.0746. The highest BCUT2D eigenvalue weighted by atomic mass is 16.7. The maximum atomic E-state index is 5.41. The lowest BCUT2D eigenvalue weighted by atomic mass is 10.2. The van der Waals surface area contributed by atoms with Gasteiger partial charge < -0.3 is 18.9 Å². The van der Waals surface area contributed by atoms with Gasteiger partial charge in [0, 0.05) is 6.42 Å². The predicted molar refractivity (Wildman–Crippen MR) is 72.0 cm³/mol. The molecule has 0 N–H and O–H groups in total. The van der Waals surface area contributed by atoms with Crippen molar-refractivity contribution in [3.8, 4) is 0 Å². The molecule has 0 aliphatic rings. The van der Waals surface area contributed by atoms with Gasteiger partial charge in [-0.3, -0.25) is 0 Å². The van der Waals surface area contributed by atoms with E-state index in [2.05, 4.69) is 13.8 Å². The SMILES string of the molecule is CCCCCCOCOC(OC)=C(CCC)OC. The van der Waals surface area contributed by atoms with E-state index in [1.807, 2.05) is 0 Å². The van der Waals surface area contributed by atoms with Crippen molar-refractivity contribution in [1.29, 1.82) is 0 Å². The van der Waals surface area contributed by atoms with E-state index in [1.54, 1.807) is 14.2 Å². The minimum atomic E-state index is 0.214. The Morgan fingerprint density at radius 3 is 2.22 bits per heavy atom. The minimum Gasteiger partial charge on any atom is -0.494 e. The molecule has 18 heavy (non-hydrogen) atoms. The lowest BCUT2D eigenvalue weighted by Crippen LogP contribution is -2.06. The molecule has 0 bridgehead atoms. The van der Waals surface area contributed by atoms with E-state index >= 15 is 0 Å². The van der Waals surface area contributed by atoms with Gasteiger partial charge in [0.05, 0.1) is 20.8 Å². The zero-order valence-electron chi connectivity index (χ0n) is 12.3. The van der Waals surface area contributed by atoms with E-state index in [1.165, 1.54) is 19.3 Å². The van der Waals surface area contributed by atoms with Crippen LogP contribution in [-0.2, 0) is 18.9 Å². The van der Waals surface area contributed by atoms with Crippen LogP contribution in [0.25, 0.3) is 0 Å². The summed E-state index contributed by atoms with van der Waals surface area (Å²) in [6.07, 6.45) is 6.57. The number of allylic oxidation sites excluding steroid dienone is 1. The summed E-state index contributed by atoms with van der Waals surface area (Å²) in [6, 6.07) is 0. The molecule has 0 aromatic rings. The molecule has 4 heteroatoms. The van der Waals surface area contributed by atoms with Crippen LogP contribution in [0.1, 0.15) is 52.4 Å². The third kappa shape index (κ3) is 8.23. The van der Waals surface area contributed by atoms with Crippen molar-refractivity contribution < 1.29 is 18.9 Å². The molecule has 0 aromatic heterocycles. The van der Waals surface area contributed by atoms with Crippen molar-refractivity contribution in [3.05, 3.63) is 11.7 Å². The van der Waals surface area contributed by atoms with Crippen LogP contribution in [0.3, 0.4) is 0 Å². The number of hydrogen-bond acceptors (Lipinski definition) is 4. The molecule has 0 aromatic carbocycles. The molecule has 0 spiro atoms. The maximum Gasteiger partial charge on any atom is 0.320 e. The quantitative estimate of drug-likeness (QED) is 0.304. The van der Waals surface area contributed by atoms with Crippen LogP contribution in [0.4, 0.5) is 0 Å². The van der Waals surface area contributed by atoms with Crippen LogP contribution >= 0.6 is 0 Å². The average molecular weight is 260 g/mol. The molecule has 0 aliphatic heterocycles. The van der Waals surface area contributed by atoms with Gasteiger partial charge in [0.15, 0.2) is 12.6 Å². The molecule has 0 radical (unpaired) electrons. The lowest BCUT2D eigenvalue weighted by Gasteiger charge is -2.13. The molecule has 0 amide bonds. The van der Waals surface area contributed by atoms with Crippen molar-refractivity contribution in [2.45, 2.75) is 52.4 Å². The van der Waals surface area contributed by atoms with Crippen molar-refractivity contribution in [3.63, 3.8) is 0 Å². The molecule has 0 atom stereocenters. The second kappa shape index (κ2) is 12.6. The summed E-state index contributed by atoms with van der Waals surface area (Å²) in [5, 5.41) is 0. The standard InChI is InChI=1S/C14H28O4/c1-5-7-8-9-11-17-12-18-14(16-4)13(15-3)10-6-2/h5-12H2,1-4H3. The third-order valence-corrected chi connectivity index (χ3v) is 2.55. The van der Waals surface area contributed by atoms with Crippen LogP contribution < -0.4 is 0 Å². The number of ether oxygens (including phenoxy) is 4. The van der Waals surface area contributed by atoms with Crippen LogP contribution in [0, 0.1) is 0 Å². The largest absolute Gasteiger partial charge is 0.494 e. The van der Waals surface area contributed by atoms with Crippen LogP contribution in [0.5, 0.6) is 0 Å². The summed E-state index contributed by atoms with van der Waals surface area (Å²) in [6.45, 7) is 5.22. The molecule has 4 nitrogen and oxygen atoms in total. The summed E-state index contributed by atoms with van der Waals surface area (Å²) >= 11 is 0. The Labute approximate surface area is 111 Å². The van der Waals surface area contributed by atoms with Gasteiger partial charge >= 0.3 is 5.95 Å². The first-order chi connectivity index (χ1) is 8.79. The van der Waals surface area contributed by atoms with E-state index in [0.29, 0.717) is 5.95 Å². The monoisotopic (exact) mass is 260 g/mol. The van der Waals surface area contributed by atoms with Gasteiger partial charge in [0.2, 0.25) is 0 Å². The first-order valence-corrected chi connectivity index (χ1v) is 6.81. The Balaban J connectivity index is 3.79. The van der Waals surface area contributed by atoms with Gasteiger partial charge in [0.1, 0.15) is 0 Å². The van der Waals surface area contributed by atoms with E-state index in [9.17, 15) is 0 Å². The highest BCUT2D eigenvalue weighted by molar-refractivity contribution is 4.94. The van der Waals surface area contributed by atoms with E-state index < -0.39 is 0 Å². The second-order valence-corrected chi connectivity index (χ2v) is 4.10. The van der Waals surface area contributed by atoms with Crippen molar-refractivity contribution in [2.24, 2.45) is 0 Å². The molecule has 0 saturated heterocycles. The number of hydrogen-bond donors (Lipinski definition) is 0. The maximum absolute atomic E-state index is 5.41. The number of unbranched alkanes of at least 4 members (excludes halogenated alkanes) is 3. The van der Waals surface area contributed by atoms with Crippen LogP contribution in [0.2, 0.25) is 0 Å². The topological polar surface area (TPSA) is 36.9 Å². The Bertz CT molecular complexity index is 214. The van der Waals surface area contributed by atoms with Gasteiger partial charge in [-0.05, 0) is 12.8 Å². The van der Waals surface area contributed by atoms with Crippen molar-refractivity contribution >= 4 is 0 Å². The average Bonchev–Trinajstić information content (AvgIpc) is 2.40. The molecule has 0 aliphatic carbocycles. The third-order valence-electron chi connectivity index (χ3n) is 2.55. The number of methoxy groups -OCH3 is 2. The molecule has 0 rings (SSSR count).